The second kappa shape index (κ2) is 13.4. The summed E-state index contributed by atoms with van der Waals surface area (Å²) in [7, 11) is 0. The Balaban J connectivity index is 1.22. The van der Waals surface area contributed by atoms with E-state index in [1.54, 1.807) is 24.3 Å². The lowest BCUT2D eigenvalue weighted by molar-refractivity contribution is -0.123. The third kappa shape index (κ3) is 7.09. The van der Waals surface area contributed by atoms with Gasteiger partial charge < -0.3 is 25.3 Å². The fourth-order valence-corrected chi connectivity index (χ4v) is 6.34. The Morgan fingerprint density at radius 2 is 1.62 bits per heavy atom. The molecule has 2 aliphatic rings. The first-order chi connectivity index (χ1) is 21.9. The minimum atomic E-state index is -1.11. The highest BCUT2D eigenvalue weighted by atomic mass is 16.3. The average Bonchev–Trinajstić information content (AvgIpc) is 3.50. The predicted molar refractivity (Wildman–Crippen MR) is 174 cm³/mol. The quantitative estimate of drug-likeness (QED) is 0.207. The van der Waals surface area contributed by atoms with Gasteiger partial charge in [-0.3, -0.25) is 19.2 Å². The molecule has 1 aromatic heterocycles. The van der Waals surface area contributed by atoms with Gasteiger partial charge in [-0.05, 0) is 61.6 Å². The predicted octanol–water partition coefficient (Wildman–Crippen LogP) is 6.24. The Morgan fingerprint density at radius 1 is 0.844 bits per heavy atom. The molecule has 1 saturated carbocycles. The van der Waals surface area contributed by atoms with Crippen LogP contribution in [0.3, 0.4) is 0 Å². The van der Waals surface area contributed by atoms with Crippen LogP contribution >= 0.6 is 0 Å². The average molecular weight is 607 g/mol. The van der Waals surface area contributed by atoms with Gasteiger partial charge in [0.15, 0.2) is 11.5 Å². The summed E-state index contributed by atoms with van der Waals surface area (Å²) in [6.45, 7) is 0.969. The van der Waals surface area contributed by atoms with Gasteiger partial charge in [0.2, 0.25) is 11.8 Å². The number of furan rings is 1. The summed E-state index contributed by atoms with van der Waals surface area (Å²) >= 11 is 0. The van der Waals surface area contributed by atoms with Crippen LogP contribution in [-0.2, 0) is 20.8 Å². The number of ketones is 1. The molecule has 0 unspecified atom stereocenters. The highest BCUT2D eigenvalue weighted by molar-refractivity contribution is 6.05. The number of hydrogen-bond donors (Lipinski definition) is 3. The Morgan fingerprint density at radius 3 is 2.40 bits per heavy atom. The number of aryl methyl sites for hydroxylation is 1. The number of nitrogens with zero attached hydrogens (tertiary/aromatic N) is 1. The van der Waals surface area contributed by atoms with Crippen molar-refractivity contribution in [2.75, 3.05) is 28.6 Å². The SMILES string of the molecule is O=C1CCCN(c2ccc(NC(=O)C3(NC(=O)c4cc5ccccc5o4)CCCCC3)cc2NC(=O)CCc2ccccc2)C1. The largest absolute Gasteiger partial charge is 0.451 e. The normalized spacial score (nSPS) is 16.3. The Labute approximate surface area is 262 Å². The zero-order chi connectivity index (χ0) is 31.2. The van der Waals surface area contributed by atoms with Crippen LogP contribution in [0, 0.1) is 0 Å². The summed E-state index contributed by atoms with van der Waals surface area (Å²) < 4.78 is 5.78. The minimum absolute atomic E-state index is 0.152. The van der Waals surface area contributed by atoms with Crippen molar-refractivity contribution in [1.82, 2.24) is 5.32 Å². The highest BCUT2D eigenvalue weighted by Crippen LogP contribution is 2.34. The highest BCUT2D eigenvalue weighted by Gasteiger charge is 2.41. The zero-order valence-corrected chi connectivity index (χ0v) is 25.3. The molecule has 0 spiro atoms. The van der Waals surface area contributed by atoms with Crippen LogP contribution in [-0.4, -0.2) is 42.1 Å². The van der Waals surface area contributed by atoms with Gasteiger partial charge in [-0.15, -0.1) is 0 Å². The number of Topliss-reactive ketones (excluding diaryl/α,β-unsaturated/α-hetero) is 1. The van der Waals surface area contributed by atoms with Gasteiger partial charge in [0.25, 0.3) is 5.91 Å². The van der Waals surface area contributed by atoms with Crippen molar-refractivity contribution in [3.05, 3.63) is 90.2 Å². The molecule has 3 N–H and O–H groups in total. The van der Waals surface area contributed by atoms with Crippen molar-refractivity contribution >= 4 is 51.5 Å². The van der Waals surface area contributed by atoms with Crippen molar-refractivity contribution in [3.8, 4) is 0 Å². The third-order valence-corrected chi connectivity index (χ3v) is 8.75. The molecule has 1 aliphatic heterocycles. The molecule has 2 fully saturated rings. The van der Waals surface area contributed by atoms with Crippen molar-refractivity contribution in [2.45, 2.75) is 63.3 Å². The number of nitrogens with one attached hydrogen (secondary N) is 3. The number of benzene rings is 3. The van der Waals surface area contributed by atoms with Crippen LogP contribution in [0.4, 0.5) is 17.1 Å². The maximum atomic E-state index is 14.0. The van der Waals surface area contributed by atoms with Crippen LogP contribution in [0.2, 0.25) is 0 Å². The van der Waals surface area contributed by atoms with E-state index in [-0.39, 0.29) is 36.3 Å². The molecule has 4 aromatic rings. The topological polar surface area (TPSA) is 121 Å². The number of carbonyl (C=O) groups excluding carboxylic acids is 4. The van der Waals surface area contributed by atoms with E-state index in [0.717, 1.165) is 42.3 Å². The molecule has 1 saturated heterocycles. The van der Waals surface area contributed by atoms with Crippen LogP contribution in [0.25, 0.3) is 11.0 Å². The monoisotopic (exact) mass is 606 g/mol. The number of carbonyl (C=O) groups is 4. The number of fused-ring (bicyclic) bond motifs is 1. The van der Waals surface area contributed by atoms with E-state index in [1.807, 2.05) is 59.5 Å². The fourth-order valence-electron chi connectivity index (χ4n) is 6.34. The standard InChI is InChI=1S/C36H38N4O5/c41-28-13-9-21-40(24-28)30-17-16-27(23-29(30)38-33(42)18-15-25-10-3-1-4-11-25)37-35(44)36(19-7-2-8-20-36)39-34(43)32-22-26-12-5-6-14-31(26)45-32/h1,3-6,10-12,14,16-17,22-23H,2,7-9,13,15,18-21,24H2,(H,37,44)(H,38,42)(H,39,43). The first-order valence-corrected chi connectivity index (χ1v) is 15.8. The van der Waals surface area contributed by atoms with Gasteiger partial charge in [-0.2, -0.15) is 0 Å². The van der Waals surface area contributed by atoms with Crippen LogP contribution in [0.15, 0.2) is 83.3 Å². The smallest absolute Gasteiger partial charge is 0.287 e. The summed E-state index contributed by atoms with van der Waals surface area (Å²) in [5.74, 6) is -0.586. The van der Waals surface area contributed by atoms with Gasteiger partial charge in [0.05, 0.1) is 17.9 Å². The lowest BCUT2D eigenvalue weighted by Crippen LogP contribution is -2.57. The van der Waals surface area contributed by atoms with E-state index in [1.165, 1.54) is 0 Å². The van der Waals surface area contributed by atoms with Gasteiger partial charge in [-0.25, -0.2) is 0 Å². The summed E-state index contributed by atoms with van der Waals surface area (Å²) in [4.78, 5) is 54.7. The molecular formula is C36H38N4O5. The van der Waals surface area contributed by atoms with Crippen LogP contribution in [0.5, 0.6) is 0 Å². The van der Waals surface area contributed by atoms with E-state index in [0.29, 0.717) is 49.2 Å². The second-order valence-electron chi connectivity index (χ2n) is 12.0. The number of amides is 3. The van der Waals surface area contributed by atoms with Gasteiger partial charge in [-0.1, -0.05) is 67.8 Å². The van der Waals surface area contributed by atoms with Gasteiger partial charge >= 0.3 is 0 Å². The lowest BCUT2D eigenvalue weighted by atomic mass is 9.80. The fraction of sp³-hybridized carbons (Fsp3) is 0.333. The number of anilines is 3. The van der Waals surface area contributed by atoms with Crippen LogP contribution in [0.1, 0.15) is 67.5 Å². The van der Waals surface area contributed by atoms with Crippen LogP contribution < -0.4 is 20.9 Å². The van der Waals surface area contributed by atoms with Crippen molar-refractivity contribution in [2.24, 2.45) is 0 Å². The molecule has 9 heteroatoms. The molecule has 0 atom stereocenters. The zero-order valence-electron chi connectivity index (χ0n) is 25.3. The Hall–Kier alpha value is -4.92. The molecule has 45 heavy (non-hydrogen) atoms. The summed E-state index contributed by atoms with van der Waals surface area (Å²) in [5, 5.41) is 9.90. The Kier molecular flexibility index (Phi) is 8.96. The molecule has 9 nitrogen and oxygen atoms in total. The molecule has 0 radical (unpaired) electrons. The summed E-state index contributed by atoms with van der Waals surface area (Å²) in [6, 6.07) is 24.3. The van der Waals surface area contributed by atoms with E-state index < -0.39 is 11.4 Å². The molecule has 3 aromatic carbocycles. The molecule has 3 amide bonds. The molecule has 1 aliphatic carbocycles. The number of rotatable bonds is 9. The molecule has 2 heterocycles. The first kappa shape index (κ1) is 30.1. The Bertz CT molecular complexity index is 1670. The number of hydrogen-bond acceptors (Lipinski definition) is 6. The summed E-state index contributed by atoms with van der Waals surface area (Å²) in [6.07, 6.45) is 5.76. The maximum Gasteiger partial charge on any atom is 0.287 e. The first-order valence-electron chi connectivity index (χ1n) is 15.8. The van der Waals surface area contributed by atoms with Crippen molar-refractivity contribution in [3.63, 3.8) is 0 Å². The number of para-hydroxylation sites is 1. The van der Waals surface area contributed by atoms with Crippen molar-refractivity contribution in [1.29, 1.82) is 0 Å². The van der Waals surface area contributed by atoms with E-state index in [2.05, 4.69) is 16.0 Å². The van der Waals surface area contributed by atoms with Gasteiger partial charge in [0, 0.05) is 30.5 Å². The molecular weight excluding hydrogens is 568 g/mol. The second-order valence-corrected chi connectivity index (χ2v) is 12.0. The molecule has 0 bridgehead atoms. The van der Waals surface area contributed by atoms with E-state index >= 15 is 0 Å². The minimum Gasteiger partial charge on any atom is -0.451 e. The third-order valence-electron chi connectivity index (χ3n) is 8.75. The molecule has 6 rings (SSSR count). The van der Waals surface area contributed by atoms with Crippen molar-refractivity contribution < 1.29 is 23.6 Å². The summed E-state index contributed by atoms with van der Waals surface area (Å²) in [5.41, 5.74) is 2.33. The molecule has 232 valence electrons. The van der Waals surface area contributed by atoms with E-state index in [9.17, 15) is 19.2 Å². The lowest BCUT2D eigenvalue weighted by Gasteiger charge is -2.36. The van der Waals surface area contributed by atoms with E-state index in [4.69, 9.17) is 4.42 Å². The number of piperidine rings is 1. The maximum absolute atomic E-state index is 14.0. The van der Waals surface area contributed by atoms with Gasteiger partial charge in [0.1, 0.15) is 11.1 Å².